The number of nitriles is 1. The van der Waals surface area contributed by atoms with Crippen molar-refractivity contribution in [1.82, 2.24) is 0 Å². The molecule has 0 atom stereocenters. The van der Waals surface area contributed by atoms with Crippen LogP contribution in [0.15, 0.2) is 23.1 Å². The van der Waals surface area contributed by atoms with Gasteiger partial charge in [0.05, 0.1) is 11.3 Å². The summed E-state index contributed by atoms with van der Waals surface area (Å²) in [5, 5.41) is 12.4. The van der Waals surface area contributed by atoms with Crippen LogP contribution >= 0.6 is 11.8 Å². The fourth-order valence-electron chi connectivity index (χ4n) is 1.51. The zero-order valence-corrected chi connectivity index (χ0v) is 11.1. The summed E-state index contributed by atoms with van der Waals surface area (Å²) in [6, 6.07) is 8.13. The molecule has 0 aliphatic heterocycles. The second-order valence-corrected chi connectivity index (χ2v) is 4.32. The molecular weight excluding hydrogens is 232 g/mol. The first-order valence-electron chi connectivity index (χ1n) is 5.72. The first-order valence-corrected chi connectivity index (χ1v) is 6.94. The number of anilines is 1. The maximum atomic E-state index is 9.14. The molecule has 0 fully saturated rings. The molecule has 0 aromatic heterocycles. The smallest absolute Gasteiger partial charge is 0.102 e. The van der Waals surface area contributed by atoms with Crippen molar-refractivity contribution in [2.45, 2.75) is 18.2 Å². The summed E-state index contributed by atoms with van der Waals surface area (Å²) in [4.78, 5) is 1.02. The van der Waals surface area contributed by atoms with E-state index in [4.69, 9.17) is 10.00 Å². The van der Waals surface area contributed by atoms with E-state index in [1.165, 1.54) is 0 Å². The number of rotatable bonds is 7. The van der Waals surface area contributed by atoms with Crippen LogP contribution in [0, 0.1) is 11.3 Å². The van der Waals surface area contributed by atoms with Gasteiger partial charge in [-0.3, -0.25) is 0 Å². The molecule has 0 radical (unpaired) electrons. The van der Waals surface area contributed by atoms with Gasteiger partial charge in [-0.2, -0.15) is 5.26 Å². The van der Waals surface area contributed by atoms with E-state index in [1.807, 2.05) is 31.4 Å². The number of hydrogen-bond acceptors (Lipinski definition) is 4. The van der Waals surface area contributed by atoms with E-state index in [0.717, 1.165) is 42.3 Å². The summed E-state index contributed by atoms with van der Waals surface area (Å²) in [5.41, 5.74) is 1.65. The Morgan fingerprint density at radius 3 is 2.94 bits per heavy atom. The lowest BCUT2D eigenvalue weighted by Gasteiger charge is -2.10. The standard InChI is InChI=1S/C13H18N2OS/c1-3-16-9-5-8-15-12-6-4-7-13(17-2)11(12)10-14/h4,6-7,15H,3,5,8-9H2,1-2H3. The van der Waals surface area contributed by atoms with E-state index in [-0.39, 0.29) is 0 Å². The highest BCUT2D eigenvalue weighted by Gasteiger charge is 2.06. The molecule has 0 spiro atoms. The molecule has 0 amide bonds. The van der Waals surface area contributed by atoms with Crippen molar-refractivity contribution in [3.05, 3.63) is 23.8 Å². The van der Waals surface area contributed by atoms with Crippen LogP contribution in [0.3, 0.4) is 0 Å². The van der Waals surface area contributed by atoms with Crippen LogP contribution in [-0.4, -0.2) is 26.0 Å². The summed E-state index contributed by atoms with van der Waals surface area (Å²) in [6.07, 6.45) is 2.93. The molecule has 17 heavy (non-hydrogen) atoms. The zero-order valence-electron chi connectivity index (χ0n) is 10.3. The van der Waals surface area contributed by atoms with Gasteiger partial charge < -0.3 is 10.1 Å². The maximum absolute atomic E-state index is 9.14. The molecule has 0 saturated carbocycles. The first kappa shape index (κ1) is 13.9. The van der Waals surface area contributed by atoms with Crippen LogP contribution in [-0.2, 0) is 4.74 Å². The second kappa shape index (κ2) is 7.99. The number of ether oxygens (including phenoxy) is 1. The molecule has 1 N–H and O–H groups in total. The average Bonchev–Trinajstić information content (AvgIpc) is 2.38. The van der Waals surface area contributed by atoms with E-state index in [2.05, 4.69) is 11.4 Å². The number of thioether (sulfide) groups is 1. The van der Waals surface area contributed by atoms with Crippen LogP contribution in [0.5, 0.6) is 0 Å². The predicted molar refractivity (Wildman–Crippen MR) is 72.5 cm³/mol. The molecule has 4 heteroatoms. The number of nitrogens with one attached hydrogen (secondary N) is 1. The third kappa shape index (κ3) is 4.29. The molecule has 1 aromatic carbocycles. The van der Waals surface area contributed by atoms with E-state index < -0.39 is 0 Å². The van der Waals surface area contributed by atoms with Gasteiger partial charge in [0.1, 0.15) is 6.07 Å². The summed E-state index contributed by atoms with van der Waals surface area (Å²) < 4.78 is 5.26. The van der Waals surface area contributed by atoms with E-state index in [9.17, 15) is 0 Å². The molecule has 0 heterocycles. The van der Waals surface area contributed by atoms with Gasteiger partial charge in [-0.15, -0.1) is 11.8 Å². The molecule has 0 bridgehead atoms. The topological polar surface area (TPSA) is 45.0 Å². The number of nitrogens with zero attached hydrogens (tertiary/aromatic N) is 1. The zero-order chi connectivity index (χ0) is 12.5. The van der Waals surface area contributed by atoms with Gasteiger partial charge in [0.15, 0.2) is 0 Å². The molecule has 0 aliphatic carbocycles. The fraction of sp³-hybridized carbons (Fsp3) is 0.462. The SMILES string of the molecule is CCOCCCNc1cccc(SC)c1C#N. The van der Waals surface area contributed by atoms with Crippen molar-refractivity contribution in [1.29, 1.82) is 5.26 Å². The van der Waals surface area contributed by atoms with E-state index >= 15 is 0 Å². The molecule has 3 nitrogen and oxygen atoms in total. The van der Waals surface area contributed by atoms with Crippen LogP contribution in [0.4, 0.5) is 5.69 Å². The van der Waals surface area contributed by atoms with Gasteiger partial charge in [0, 0.05) is 24.7 Å². The number of hydrogen-bond donors (Lipinski definition) is 1. The average molecular weight is 250 g/mol. The Bertz CT molecular complexity index is 387. The van der Waals surface area contributed by atoms with Gasteiger partial charge in [-0.25, -0.2) is 0 Å². The Labute approximate surface area is 107 Å². The molecule has 1 aromatic rings. The van der Waals surface area contributed by atoms with E-state index in [1.54, 1.807) is 11.8 Å². The van der Waals surface area contributed by atoms with Crippen molar-refractivity contribution in [2.24, 2.45) is 0 Å². The largest absolute Gasteiger partial charge is 0.384 e. The predicted octanol–water partition coefficient (Wildman–Crippen LogP) is 3.12. The summed E-state index contributed by atoms with van der Waals surface area (Å²) in [5.74, 6) is 0. The quantitative estimate of drug-likeness (QED) is 0.596. The van der Waals surface area contributed by atoms with Gasteiger partial charge in [0.2, 0.25) is 0 Å². The lowest BCUT2D eigenvalue weighted by Crippen LogP contribution is -2.07. The minimum Gasteiger partial charge on any atom is -0.384 e. The Kier molecular flexibility index (Phi) is 6.53. The lowest BCUT2D eigenvalue weighted by atomic mass is 10.2. The highest BCUT2D eigenvalue weighted by molar-refractivity contribution is 7.98. The summed E-state index contributed by atoms with van der Waals surface area (Å²) in [6.45, 7) is 4.33. The van der Waals surface area contributed by atoms with E-state index in [0.29, 0.717) is 0 Å². The van der Waals surface area contributed by atoms with Crippen LogP contribution < -0.4 is 5.32 Å². The van der Waals surface area contributed by atoms with Crippen molar-refractivity contribution in [2.75, 3.05) is 31.3 Å². The highest BCUT2D eigenvalue weighted by Crippen LogP contribution is 2.26. The second-order valence-electron chi connectivity index (χ2n) is 3.47. The fourth-order valence-corrected chi connectivity index (χ4v) is 2.08. The molecule has 92 valence electrons. The maximum Gasteiger partial charge on any atom is 0.102 e. The van der Waals surface area contributed by atoms with Crippen molar-refractivity contribution in [3.8, 4) is 6.07 Å². The molecule has 1 rings (SSSR count). The first-order chi connectivity index (χ1) is 8.33. The minimum absolute atomic E-state index is 0.733. The molecular formula is C13H18N2OS. The molecule has 0 unspecified atom stereocenters. The van der Waals surface area contributed by atoms with Crippen molar-refractivity contribution < 1.29 is 4.74 Å². The van der Waals surface area contributed by atoms with Gasteiger partial charge >= 0.3 is 0 Å². The minimum atomic E-state index is 0.733. The van der Waals surface area contributed by atoms with Crippen LogP contribution in [0.1, 0.15) is 18.9 Å². The third-order valence-corrected chi connectivity index (χ3v) is 3.12. The summed E-state index contributed by atoms with van der Waals surface area (Å²) >= 11 is 1.59. The normalized spacial score (nSPS) is 9.94. The van der Waals surface area contributed by atoms with Gasteiger partial charge in [-0.1, -0.05) is 6.07 Å². The van der Waals surface area contributed by atoms with Crippen LogP contribution in [0.25, 0.3) is 0 Å². The van der Waals surface area contributed by atoms with Gasteiger partial charge in [-0.05, 0) is 31.7 Å². The highest BCUT2D eigenvalue weighted by atomic mass is 32.2. The molecule has 0 saturated heterocycles. The monoisotopic (exact) mass is 250 g/mol. The molecule has 0 aliphatic rings. The van der Waals surface area contributed by atoms with Crippen LogP contribution in [0.2, 0.25) is 0 Å². The Morgan fingerprint density at radius 2 is 2.29 bits per heavy atom. The summed E-state index contributed by atoms with van der Waals surface area (Å²) in [7, 11) is 0. The third-order valence-electron chi connectivity index (χ3n) is 2.34. The van der Waals surface area contributed by atoms with Crippen molar-refractivity contribution >= 4 is 17.4 Å². The van der Waals surface area contributed by atoms with Gasteiger partial charge in [0.25, 0.3) is 0 Å². The Morgan fingerprint density at radius 1 is 1.47 bits per heavy atom. The Balaban J connectivity index is 2.56. The Hall–Kier alpha value is -1.18. The number of benzene rings is 1. The van der Waals surface area contributed by atoms with Crippen molar-refractivity contribution in [3.63, 3.8) is 0 Å². The lowest BCUT2D eigenvalue weighted by molar-refractivity contribution is 0.147.